The number of aromatic nitrogens is 2. The van der Waals surface area contributed by atoms with Crippen LogP contribution in [0, 0.1) is 0 Å². The SMILES string of the molecule is Cl.O=C(O)c1cccc(-c2cn[nH]c2)c1. The van der Waals surface area contributed by atoms with Gasteiger partial charge in [0.15, 0.2) is 0 Å². The van der Waals surface area contributed by atoms with E-state index in [4.69, 9.17) is 5.11 Å². The molecule has 1 aromatic carbocycles. The first-order valence-corrected chi connectivity index (χ1v) is 4.10. The highest BCUT2D eigenvalue weighted by atomic mass is 35.5. The standard InChI is InChI=1S/C10H8N2O2.ClH/c13-10(14)8-3-1-2-7(4-8)9-5-11-12-6-9;/h1-6H,(H,11,12)(H,13,14);1H. The van der Waals surface area contributed by atoms with Gasteiger partial charge in [0.25, 0.3) is 0 Å². The number of aromatic amines is 1. The van der Waals surface area contributed by atoms with Crippen LogP contribution in [0.2, 0.25) is 0 Å². The summed E-state index contributed by atoms with van der Waals surface area (Å²) in [4.78, 5) is 10.7. The van der Waals surface area contributed by atoms with Gasteiger partial charge in [-0.3, -0.25) is 5.10 Å². The van der Waals surface area contributed by atoms with E-state index in [1.807, 2.05) is 6.07 Å². The number of carboxylic acids is 1. The lowest BCUT2D eigenvalue weighted by Gasteiger charge is -1.98. The van der Waals surface area contributed by atoms with Gasteiger partial charge in [-0.25, -0.2) is 4.79 Å². The maximum absolute atomic E-state index is 10.7. The molecule has 0 fully saturated rings. The average molecular weight is 225 g/mol. The summed E-state index contributed by atoms with van der Waals surface area (Å²) >= 11 is 0. The van der Waals surface area contributed by atoms with E-state index in [1.165, 1.54) is 0 Å². The van der Waals surface area contributed by atoms with Crippen molar-refractivity contribution < 1.29 is 9.90 Å². The Bertz CT molecular complexity index is 454. The number of hydrogen-bond donors (Lipinski definition) is 2. The highest BCUT2D eigenvalue weighted by Crippen LogP contribution is 2.18. The van der Waals surface area contributed by atoms with Gasteiger partial charge < -0.3 is 5.11 Å². The molecule has 1 heterocycles. The molecule has 0 unspecified atom stereocenters. The van der Waals surface area contributed by atoms with Gasteiger partial charge in [0, 0.05) is 11.8 Å². The maximum atomic E-state index is 10.7. The smallest absolute Gasteiger partial charge is 0.335 e. The fourth-order valence-corrected chi connectivity index (χ4v) is 1.24. The zero-order chi connectivity index (χ0) is 9.97. The molecule has 0 aliphatic rings. The van der Waals surface area contributed by atoms with Crippen molar-refractivity contribution in [2.45, 2.75) is 0 Å². The van der Waals surface area contributed by atoms with E-state index < -0.39 is 5.97 Å². The van der Waals surface area contributed by atoms with Crippen LogP contribution in [0.1, 0.15) is 10.4 Å². The van der Waals surface area contributed by atoms with Gasteiger partial charge >= 0.3 is 5.97 Å². The van der Waals surface area contributed by atoms with Gasteiger partial charge in [-0.15, -0.1) is 12.4 Å². The molecule has 0 bridgehead atoms. The molecular weight excluding hydrogens is 216 g/mol. The summed E-state index contributed by atoms with van der Waals surface area (Å²) in [5, 5.41) is 15.3. The van der Waals surface area contributed by atoms with Crippen LogP contribution in [-0.4, -0.2) is 21.3 Å². The van der Waals surface area contributed by atoms with Crippen molar-refractivity contribution >= 4 is 18.4 Å². The molecule has 0 saturated carbocycles. The summed E-state index contributed by atoms with van der Waals surface area (Å²) in [6, 6.07) is 6.74. The minimum Gasteiger partial charge on any atom is -0.478 e. The first-order valence-electron chi connectivity index (χ1n) is 4.10. The molecule has 0 aliphatic carbocycles. The van der Waals surface area contributed by atoms with E-state index in [0.29, 0.717) is 0 Å². The number of nitrogens with zero attached hydrogens (tertiary/aromatic N) is 1. The lowest BCUT2D eigenvalue weighted by molar-refractivity contribution is 0.0697. The Balaban J connectivity index is 0.00000112. The van der Waals surface area contributed by atoms with E-state index >= 15 is 0 Å². The summed E-state index contributed by atoms with van der Waals surface area (Å²) < 4.78 is 0. The molecule has 0 aliphatic heterocycles. The Labute approximate surface area is 92.4 Å². The highest BCUT2D eigenvalue weighted by Gasteiger charge is 2.04. The Morgan fingerprint density at radius 1 is 1.33 bits per heavy atom. The van der Waals surface area contributed by atoms with Crippen molar-refractivity contribution in [2.75, 3.05) is 0 Å². The third-order valence-corrected chi connectivity index (χ3v) is 1.94. The minimum absolute atomic E-state index is 0. The van der Waals surface area contributed by atoms with Crippen molar-refractivity contribution in [3.8, 4) is 11.1 Å². The Morgan fingerprint density at radius 3 is 2.73 bits per heavy atom. The molecule has 15 heavy (non-hydrogen) atoms. The van der Waals surface area contributed by atoms with Crippen LogP contribution in [0.4, 0.5) is 0 Å². The zero-order valence-electron chi connectivity index (χ0n) is 7.68. The first kappa shape index (κ1) is 11.3. The Morgan fingerprint density at radius 2 is 2.13 bits per heavy atom. The molecule has 4 nitrogen and oxygen atoms in total. The number of carboxylic acid groups (broad SMARTS) is 1. The second kappa shape index (κ2) is 4.61. The number of carbonyl (C=O) groups is 1. The van der Waals surface area contributed by atoms with Gasteiger partial charge in [0.1, 0.15) is 0 Å². The van der Waals surface area contributed by atoms with E-state index in [0.717, 1.165) is 11.1 Å². The predicted molar refractivity (Wildman–Crippen MR) is 58.2 cm³/mol. The topological polar surface area (TPSA) is 66.0 Å². The monoisotopic (exact) mass is 224 g/mol. The number of hydrogen-bond acceptors (Lipinski definition) is 2. The molecule has 2 rings (SSSR count). The summed E-state index contributed by atoms with van der Waals surface area (Å²) in [5.74, 6) is -0.921. The van der Waals surface area contributed by atoms with Crippen LogP contribution < -0.4 is 0 Å². The minimum atomic E-state index is -0.921. The summed E-state index contributed by atoms with van der Waals surface area (Å²) in [7, 11) is 0. The molecule has 0 spiro atoms. The van der Waals surface area contributed by atoms with Crippen molar-refractivity contribution in [2.24, 2.45) is 0 Å². The molecule has 0 atom stereocenters. The van der Waals surface area contributed by atoms with Crippen LogP contribution in [-0.2, 0) is 0 Å². The molecular formula is C10H9ClN2O2. The maximum Gasteiger partial charge on any atom is 0.335 e. The molecule has 0 amide bonds. The normalized spacial score (nSPS) is 9.33. The number of halogens is 1. The highest BCUT2D eigenvalue weighted by molar-refractivity contribution is 5.89. The van der Waals surface area contributed by atoms with E-state index in [2.05, 4.69) is 10.2 Å². The largest absolute Gasteiger partial charge is 0.478 e. The fourth-order valence-electron chi connectivity index (χ4n) is 1.24. The molecule has 78 valence electrons. The van der Waals surface area contributed by atoms with Crippen LogP contribution in [0.5, 0.6) is 0 Å². The number of aromatic carboxylic acids is 1. The summed E-state index contributed by atoms with van der Waals surface area (Å²) in [6.45, 7) is 0. The molecule has 0 saturated heterocycles. The Hall–Kier alpha value is -1.81. The lowest BCUT2D eigenvalue weighted by atomic mass is 10.1. The van der Waals surface area contributed by atoms with Gasteiger partial charge in [0.2, 0.25) is 0 Å². The zero-order valence-corrected chi connectivity index (χ0v) is 8.49. The van der Waals surface area contributed by atoms with Gasteiger partial charge in [-0.2, -0.15) is 5.10 Å². The number of rotatable bonds is 2. The molecule has 0 radical (unpaired) electrons. The predicted octanol–water partition coefficient (Wildman–Crippen LogP) is 2.20. The third-order valence-electron chi connectivity index (χ3n) is 1.94. The van der Waals surface area contributed by atoms with Gasteiger partial charge in [0.05, 0.1) is 11.8 Å². The number of benzene rings is 1. The van der Waals surface area contributed by atoms with E-state index in [9.17, 15) is 4.79 Å². The van der Waals surface area contributed by atoms with Crippen molar-refractivity contribution in [3.05, 3.63) is 42.2 Å². The summed E-state index contributed by atoms with van der Waals surface area (Å²) in [5.41, 5.74) is 2.01. The van der Waals surface area contributed by atoms with Crippen molar-refractivity contribution in [3.63, 3.8) is 0 Å². The second-order valence-electron chi connectivity index (χ2n) is 2.87. The second-order valence-corrected chi connectivity index (χ2v) is 2.87. The molecule has 1 aromatic heterocycles. The summed E-state index contributed by atoms with van der Waals surface area (Å²) in [6.07, 6.45) is 3.38. The quantitative estimate of drug-likeness (QED) is 0.822. The van der Waals surface area contributed by atoms with Crippen LogP contribution in [0.25, 0.3) is 11.1 Å². The van der Waals surface area contributed by atoms with Crippen molar-refractivity contribution in [1.29, 1.82) is 0 Å². The van der Waals surface area contributed by atoms with Gasteiger partial charge in [-0.1, -0.05) is 12.1 Å². The van der Waals surface area contributed by atoms with E-state index in [-0.39, 0.29) is 18.0 Å². The van der Waals surface area contributed by atoms with Crippen LogP contribution in [0.3, 0.4) is 0 Å². The van der Waals surface area contributed by atoms with Crippen LogP contribution >= 0.6 is 12.4 Å². The average Bonchev–Trinajstić information content (AvgIpc) is 2.71. The molecule has 2 N–H and O–H groups in total. The van der Waals surface area contributed by atoms with E-state index in [1.54, 1.807) is 30.6 Å². The Kier molecular flexibility index (Phi) is 3.46. The lowest BCUT2D eigenvalue weighted by Crippen LogP contribution is -1.95. The number of nitrogens with one attached hydrogen (secondary N) is 1. The van der Waals surface area contributed by atoms with Crippen LogP contribution in [0.15, 0.2) is 36.7 Å². The first-order chi connectivity index (χ1) is 6.77. The molecule has 2 aromatic rings. The number of H-pyrrole nitrogens is 1. The van der Waals surface area contributed by atoms with Gasteiger partial charge in [-0.05, 0) is 17.7 Å². The fraction of sp³-hybridized carbons (Fsp3) is 0. The molecule has 5 heteroatoms. The third kappa shape index (κ3) is 2.35. The van der Waals surface area contributed by atoms with Crippen molar-refractivity contribution in [1.82, 2.24) is 10.2 Å².